The van der Waals surface area contributed by atoms with E-state index in [2.05, 4.69) is 15.3 Å². The zero-order chi connectivity index (χ0) is 16.7. The van der Waals surface area contributed by atoms with Gasteiger partial charge < -0.3 is 9.32 Å². The van der Waals surface area contributed by atoms with Crippen LogP contribution < -0.4 is 0 Å². The van der Waals surface area contributed by atoms with Gasteiger partial charge in [-0.05, 0) is 6.92 Å². The van der Waals surface area contributed by atoms with Crippen LogP contribution in [0.2, 0.25) is 0 Å². The lowest BCUT2D eigenvalue weighted by atomic mass is 10.1. The molecule has 122 valence electrons. The van der Waals surface area contributed by atoms with E-state index in [4.69, 9.17) is 4.42 Å². The molecule has 7 nitrogen and oxygen atoms in total. The van der Waals surface area contributed by atoms with Crippen molar-refractivity contribution in [2.24, 2.45) is 0 Å². The lowest BCUT2D eigenvalue weighted by Crippen LogP contribution is -2.51. The molecule has 0 unspecified atom stereocenters. The quantitative estimate of drug-likeness (QED) is 0.739. The van der Waals surface area contributed by atoms with Gasteiger partial charge in [0.05, 0.1) is 17.9 Å². The number of aryl methyl sites for hydroxylation is 2. The summed E-state index contributed by atoms with van der Waals surface area (Å²) in [6.07, 6.45) is 1.92. The van der Waals surface area contributed by atoms with Gasteiger partial charge in [0.25, 0.3) is 5.91 Å². The second-order valence-corrected chi connectivity index (χ2v) is 5.96. The molecule has 24 heavy (non-hydrogen) atoms. The molecule has 0 radical (unpaired) electrons. The minimum absolute atomic E-state index is 0.118. The maximum atomic E-state index is 12.4. The average molecular weight is 323 g/mol. The lowest BCUT2D eigenvalue weighted by molar-refractivity contribution is 0.0464. The molecule has 1 aliphatic rings. The van der Waals surface area contributed by atoms with Gasteiger partial charge in [0.1, 0.15) is 5.69 Å². The summed E-state index contributed by atoms with van der Waals surface area (Å²) >= 11 is 0. The van der Waals surface area contributed by atoms with Crippen molar-refractivity contribution in [1.29, 1.82) is 0 Å². The van der Waals surface area contributed by atoms with Crippen molar-refractivity contribution in [3.05, 3.63) is 53.9 Å². The number of carbonyl (C=O) groups excluding carboxylic acids is 1. The van der Waals surface area contributed by atoms with Crippen LogP contribution in [0.5, 0.6) is 0 Å². The summed E-state index contributed by atoms with van der Waals surface area (Å²) in [7, 11) is 0. The summed E-state index contributed by atoms with van der Waals surface area (Å²) in [5, 5.41) is 8.41. The van der Waals surface area contributed by atoms with Crippen LogP contribution in [-0.2, 0) is 0 Å². The summed E-state index contributed by atoms with van der Waals surface area (Å²) < 4.78 is 7.22. The fraction of sp³-hybridized carbons (Fsp3) is 0.294. The Labute approximate surface area is 138 Å². The number of carbonyl (C=O) groups is 1. The molecule has 0 atom stereocenters. The number of nitrogens with zero attached hydrogens (tertiary/aromatic N) is 5. The number of hydrogen-bond donors (Lipinski definition) is 0. The first-order valence-electron chi connectivity index (χ1n) is 7.82. The average Bonchev–Trinajstić information content (AvgIpc) is 3.13. The topological polar surface area (TPSA) is 77.1 Å². The second-order valence-electron chi connectivity index (χ2n) is 5.96. The van der Waals surface area contributed by atoms with Gasteiger partial charge in [-0.3, -0.25) is 4.79 Å². The number of amides is 1. The number of benzene rings is 1. The van der Waals surface area contributed by atoms with Gasteiger partial charge in [0.15, 0.2) is 5.89 Å². The highest BCUT2D eigenvalue weighted by Gasteiger charge is 2.35. The lowest BCUT2D eigenvalue weighted by Gasteiger charge is -2.38. The molecule has 1 amide bonds. The Kier molecular flexibility index (Phi) is 3.41. The zero-order valence-electron chi connectivity index (χ0n) is 13.5. The van der Waals surface area contributed by atoms with Crippen LogP contribution in [0.25, 0.3) is 11.3 Å². The third kappa shape index (κ3) is 2.47. The van der Waals surface area contributed by atoms with Crippen LogP contribution in [0.3, 0.4) is 0 Å². The van der Waals surface area contributed by atoms with Crippen molar-refractivity contribution in [2.45, 2.75) is 19.9 Å². The summed E-state index contributed by atoms with van der Waals surface area (Å²) in [6, 6.07) is 10.1. The molecule has 1 aliphatic heterocycles. The SMILES string of the molecule is Cc1nc(C)c(C(=O)N2CC(n3cc(-c4ccccc4)nn3)C2)o1. The number of hydrogen-bond acceptors (Lipinski definition) is 5. The number of rotatable bonds is 3. The van der Waals surface area contributed by atoms with E-state index in [1.165, 1.54) is 0 Å². The van der Waals surface area contributed by atoms with Crippen molar-refractivity contribution >= 4 is 5.91 Å². The van der Waals surface area contributed by atoms with Crippen LogP contribution in [0.4, 0.5) is 0 Å². The Morgan fingerprint density at radius 3 is 2.62 bits per heavy atom. The zero-order valence-corrected chi connectivity index (χ0v) is 13.5. The van der Waals surface area contributed by atoms with E-state index >= 15 is 0 Å². The number of oxazole rings is 1. The van der Waals surface area contributed by atoms with E-state index in [1.807, 2.05) is 41.2 Å². The molecule has 0 saturated carbocycles. The molecule has 0 aliphatic carbocycles. The van der Waals surface area contributed by atoms with Crippen molar-refractivity contribution in [2.75, 3.05) is 13.1 Å². The first kappa shape index (κ1) is 14.6. The van der Waals surface area contributed by atoms with Crippen molar-refractivity contribution in [3.63, 3.8) is 0 Å². The maximum Gasteiger partial charge on any atom is 0.291 e. The molecule has 7 heteroatoms. The first-order chi connectivity index (χ1) is 11.6. The highest BCUT2D eigenvalue weighted by Crippen LogP contribution is 2.25. The Morgan fingerprint density at radius 1 is 1.21 bits per heavy atom. The Balaban J connectivity index is 1.44. The van der Waals surface area contributed by atoms with Crippen LogP contribution in [0.1, 0.15) is 28.2 Å². The van der Waals surface area contributed by atoms with E-state index < -0.39 is 0 Å². The van der Waals surface area contributed by atoms with Crippen molar-refractivity contribution in [3.8, 4) is 11.3 Å². The molecular formula is C17H17N5O2. The molecule has 2 aromatic heterocycles. The normalized spacial score (nSPS) is 14.7. The van der Waals surface area contributed by atoms with Gasteiger partial charge in [-0.2, -0.15) is 0 Å². The molecule has 0 spiro atoms. The monoisotopic (exact) mass is 323 g/mol. The highest BCUT2D eigenvalue weighted by molar-refractivity contribution is 5.93. The molecule has 3 aromatic rings. The van der Waals surface area contributed by atoms with E-state index in [-0.39, 0.29) is 11.9 Å². The van der Waals surface area contributed by atoms with Crippen LogP contribution in [0, 0.1) is 13.8 Å². The molecule has 4 rings (SSSR count). The third-order valence-corrected chi connectivity index (χ3v) is 4.20. The van der Waals surface area contributed by atoms with Gasteiger partial charge in [-0.15, -0.1) is 5.10 Å². The van der Waals surface area contributed by atoms with E-state index in [9.17, 15) is 4.79 Å². The number of likely N-dealkylation sites (tertiary alicyclic amines) is 1. The fourth-order valence-corrected chi connectivity index (χ4v) is 2.86. The minimum atomic E-state index is -0.118. The fourth-order valence-electron chi connectivity index (χ4n) is 2.86. The largest absolute Gasteiger partial charge is 0.436 e. The van der Waals surface area contributed by atoms with Crippen LogP contribution >= 0.6 is 0 Å². The molecular weight excluding hydrogens is 306 g/mol. The predicted molar refractivity (Wildman–Crippen MR) is 86.4 cm³/mol. The first-order valence-corrected chi connectivity index (χ1v) is 7.82. The van der Waals surface area contributed by atoms with Crippen LogP contribution in [0.15, 0.2) is 40.9 Å². The van der Waals surface area contributed by atoms with Gasteiger partial charge in [0, 0.05) is 25.6 Å². The molecule has 1 aromatic carbocycles. The molecule has 1 saturated heterocycles. The number of aromatic nitrogens is 4. The summed E-state index contributed by atoms with van der Waals surface area (Å²) in [4.78, 5) is 18.3. The van der Waals surface area contributed by atoms with E-state index in [1.54, 1.807) is 18.7 Å². The van der Waals surface area contributed by atoms with Gasteiger partial charge in [-0.1, -0.05) is 35.5 Å². The molecule has 0 N–H and O–H groups in total. The van der Waals surface area contributed by atoms with Gasteiger partial charge >= 0.3 is 0 Å². The standard InChI is InChI=1S/C17H17N5O2/c1-11-16(24-12(2)18-11)17(23)21-8-14(9-21)22-10-15(19-20-22)13-6-4-3-5-7-13/h3-7,10,14H,8-9H2,1-2H3. The summed E-state index contributed by atoms with van der Waals surface area (Å²) in [5.74, 6) is 0.721. The third-order valence-electron chi connectivity index (χ3n) is 4.20. The second kappa shape index (κ2) is 5.59. The van der Waals surface area contributed by atoms with E-state index in [0.29, 0.717) is 30.4 Å². The predicted octanol–water partition coefficient (Wildman–Crippen LogP) is 2.25. The molecule has 1 fully saturated rings. The molecule has 3 heterocycles. The Morgan fingerprint density at radius 2 is 1.96 bits per heavy atom. The maximum absolute atomic E-state index is 12.4. The Bertz CT molecular complexity index is 878. The minimum Gasteiger partial charge on any atom is -0.436 e. The van der Waals surface area contributed by atoms with Gasteiger partial charge in [-0.25, -0.2) is 9.67 Å². The van der Waals surface area contributed by atoms with E-state index in [0.717, 1.165) is 11.3 Å². The van der Waals surface area contributed by atoms with Crippen LogP contribution in [-0.4, -0.2) is 43.9 Å². The Hall–Kier alpha value is -2.96. The van der Waals surface area contributed by atoms with Crippen molar-refractivity contribution < 1.29 is 9.21 Å². The highest BCUT2D eigenvalue weighted by atomic mass is 16.4. The van der Waals surface area contributed by atoms with Gasteiger partial charge in [0.2, 0.25) is 5.76 Å². The summed E-state index contributed by atoms with van der Waals surface area (Å²) in [6.45, 7) is 4.71. The van der Waals surface area contributed by atoms with Crippen molar-refractivity contribution in [1.82, 2.24) is 24.9 Å². The smallest absolute Gasteiger partial charge is 0.291 e. The molecule has 0 bridgehead atoms. The summed E-state index contributed by atoms with van der Waals surface area (Å²) in [5.41, 5.74) is 2.50.